The number of rotatable bonds is 7. The Morgan fingerprint density at radius 1 is 0.909 bits per heavy atom. The van der Waals surface area contributed by atoms with E-state index in [2.05, 4.69) is 0 Å². The maximum absolute atomic E-state index is 9.50. The molecule has 0 unspecified atom stereocenters. The molecule has 0 amide bonds. The molecule has 2 aromatic carbocycles. The van der Waals surface area contributed by atoms with Crippen molar-refractivity contribution in [1.82, 2.24) is 0 Å². The number of aliphatic hydroxyl groups excluding tert-OH is 1. The zero-order chi connectivity index (χ0) is 15.8. The maximum atomic E-state index is 9.50. The van der Waals surface area contributed by atoms with Crippen molar-refractivity contribution in [3.05, 3.63) is 58.8 Å². The van der Waals surface area contributed by atoms with E-state index < -0.39 is 0 Å². The molecule has 0 saturated heterocycles. The Morgan fingerprint density at radius 3 is 1.86 bits per heavy atom. The van der Waals surface area contributed by atoms with Gasteiger partial charge in [-0.1, -0.05) is 23.5 Å². The van der Waals surface area contributed by atoms with Crippen LogP contribution in [0.2, 0.25) is 0 Å². The molecule has 22 heavy (non-hydrogen) atoms. The maximum Gasteiger partial charge on any atom is 0.118 e. The Hall–Kier alpha value is -1.56. The first-order valence-electron chi connectivity index (χ1n) is 6.67. The van der Waals surface area contributed by atoms with E-state index in [4.69, 9.17) is 9.47 Å². The zero-order valence-corrected chi connectivity index (χ0v) is 14.1. The highest BCUT2D eigenvalue weighted by Crippen LogP contribution is 2.31. The molecule has 0 atom stereocenters. The highest BCUT2D eigenvalue weighted by molar-refractivity contribution is 8.06. The molecular formula is C17H18O3S2. The SMILES string of the molecule is COc1ccc(S/C=C(/CO)Sc2ccc(OC)cc2)cc1. The third-order valence-electron chi connectivity index (χ3n) is 2.85. The minimum absolute atomic E-state index is 0.0137. The molecule has 116 valence electrons. The molecule has 0 aliphatic rings. The van der Waals surface area contributed by atoms with Gasteiger partial charge in [0.15, 0.2) is 0 Å². The van der Waals surface area contributed by atoms with Gasteiger partial charge in [0.2, 0.25) is 0 Å². The monoisotopic (exact) mass is 334 g/mol. The molecule has 0 spiro atoms. The van der Waals surface area contributed by atoms with Crippen molar-refractivity contribution in [2.24, 2.45) is 0 Å². The largest absolute Gasteiger partial charge is 0.497 e. The number of methoxy groups -OCH3 is 2. The molecule has 0 aliphatic heterocycles. The second-order valence-corrected chi connectivity index (χ2v) is 6.46. The van der Waals surface area contributed by atoms with Gasteiger partial charge in [0.05, 0.1) is 20.8 Å². The molecule has 0 bridgehead atoms. The van der Waals surface area contributed by atoms with Crippen LogP contribution in [0, 0.1) is 0 Å². The Bertz CT molecular complexity index is 607. The fourth-order valence-corrected chi connectivity index (χ4v) is 3.29. The van der Waals surface area contributed by atoms with E-state index in [0.717, 1.165) is 26.2 Å². The lowest BCUT2D eigenvalue weighted by molar-refractivity contribution is 0.340. The smallest absolute Gasteiger partial charge is 0.118 e. The van der Waals surface area contributed by atoms with Crippen LogP contribution in [0.1, 0.15) is 0 Å². The van der Waals surface area contributed by atoms with Crippen LogP contribution in [0.5, 0.6) is 11.5 Å². The quantitative estimate of drug-likeness (QED) is 0.759. The second kappa shape index (κ2) is 8.78. The van der Waals surface area contributed by atoms with Crippen LogP contribution in [0.25, 0.3) is 0 Å². The van der Waals surface area contributed by atoms with Crippen molar-refractivity contribution in [3.63, 3.8) is 0 Å². The first-order valence-corrected chi connectivity index (χ1v) is 8.37. The fraction of sp³-hybridized carbons (Fsp3) is 0.176. The van der Waals surface area contributed by atoms with Gasteiger partial charge in [0, 0.05) is 14.7 Å². The third-order valence-corrected chi connectivity index (χ3v) is 4.96. The standard InChI is InChI=1S/C17H18O3S2/c1-19-13-3-7-15(8-4-13)21-12-17(11-18)22-16-9-5-14(20-2)6-10-16/h3-10,12,18H,11H2,1-2H3/b17-12-. The summed E-state index contributed by atoms with van der Waals surface area (Å²) in [7, 11) is 3.30. The highest BCUT2D eigenvalue weighted by Gasteiger charge is 2.02. The molecule has 0 aromatic heterocycles. The van der Waals surface area contributed by atoms with Crippen LogP contribution in [0.3, 0.4) is 0 Å². The number of thioether (sulfide) groups is 2. The third kappa shape index (κ3) is 5.02. The number of hydrogen-bond acceptors (Lipinski definition) is 5. The van der Waals surface area contributed by atoms with Gasteiger partial charge in [-0.25, -0.2) is 0 Å². The van der Waals surface area contributed by atoms with Crippen LogP contribution < -0.4 is 9.47 Å². The average molecular weight is 334 g/mol. The summed E-state index contributed by atoms with van der Waals surface area (Å²) < 4.78 is 10.3. The summed E-state index contributed by atoms with van der Waals surface area (Å²) in [5, 5.41) is 11.5. The number of aliphatic hydroxyl groups is 1. The minimum atomic E-state index is 0.0137. The van der Waals surface area contributed by atoms with Crippen LogP contribution in [0.15, 0.2) is 68.6 Å². The first kappa shape index (κ1) is 16.8. The van der Waals surface area contributed by atoms with E-state index in [1.54, 1.807) is 37.7 Å². The first-order chi connectivity index (χ1) is 10.7. The van der Waals surface area contributed by atoms with E-state index in [9.17, 15) is 5.11 Å². The molecule has 2 aromatic rings. The van der Waals surface area contributed by atoms with Gasteiger partial charge in [-0.05, 0) is 53.9 Å². The summed E-state index contributed by atoms with van der Waals surface area (Å²) in [6, 6.07) is 15.6. The number of benzene rings is 2. The van der Waals surface area contributed by atoms with Crippen molar-refractivity contribution in [1.29, 1.82) is 0 Å². The summed E-state index contributed by atoms with van der Waals surface area (Å²) in [6.07, 6.45) is 0. The van der Waals surface area contributed by atoms with Crippen LogP contribution in [-0.4, -0.2) is 25.9 Å². The van der Waals surface area contributed by atoms with E-state index in [-0.39, 0.29) is 6.61 Å². The number of ether oxygens (including phenoxy) is 2. The molecule has 0 radical (unpaired) electrons. The van der Waals surface area contributed by atoms with E-state index in [0.29, 0.717) is 0 Å². The predicted molar refractivity (Wildman–Crippen MR) is 92.9 cm³/mol. The summed E-state index contributed by atoms with van der Waals surface area (Å²) in [5.41, 5.74) is 0. The molecular weight excluding hydrogens is 316 g/mol. The molecule has 2 rings (SSSR count). The van der Waals surface area contributed by atoms with E-state index in [1.165, 1.54) is 0 Å². The molecule has 3 nitrogen and oxygen atoms in total. The Kier molecular flexibility index (Phi) is 6.71. The van der Waals surface area contributed by atoms with Crippen molar-refractivity contribution in [3.8, 4) is 11.5 Å². The minimum Gasteiger partial charge on any atom is -0.497 e. The molecule has 0 heterocycles. The lowest BCUT2D eigenvalue weighted by Gasteiger charge is -2.06. The summed E-state index contributed by atoms with van der Waals surface area (Å²) >= 11 is 3.12. The Labute approximate surface area is 139 Å². The van der Waals surface area contributed by atoms with Crippen LogP contribution >= 0.6 is 23.5 Å². The molecule has 0 saturated carbocycles. The summed E-state index contributed by atoms with van der Waals surface area (Å²) in [6.45, 7) is 0.0137. The lowest BCUT2D eigenvalue weighted by atomic mass is 10.3. The van der Waals surface area contributed by atoms with Gasteiger partial charge in [-0.2, -0.15) is 0 Å². The van der Waals surface area contributed by atoms with Gasteiger partial charge in [0.25, 0.3) is 0 Å². The normalized spacial score (nSPS) is 11.3. The van der Waals surface area contributed by atoms with E-state index in [1.807, 2.05) is 53.9 Å². The summed E-state index contributed by atoms with van der Waals surface area (Å²) in [5.74, 6) is 1.66. The topological polar surface area (TPSA) is 38.7 Å². The Balaban J connectivity index is 1.99. The molecule has 5 heteroatoms. The van der Waals surface area contributed by atoms with Crippen LogP contribution in [-0.2, 0) is 0 Å². The van der Waals surface area contributed by atoms with Gasteiger partial charge in [-0.15, -0.1) is 0 Å². The van der Waals surface area contributed by atoms with Gasteiger partial charge < -0.3 is 14.6 Å². The van der Waals surface area contributed by atoms with Crippen molar-refractivity contribution in [2.45, 2.75) is 9.79 Å². The fourth-order valence-electron chi connectivity index (χ4n) is 1.68. The second-order valence-electron chi connectivity index (χ2n) is 4.31. The van der Waals surface area contributed by atoms with E-state index >= 15 is 0 Å². The zero-order valence-electron chi connectivity index (χ0n) is 12.5. The Morgan fingerprint density at radius 2 is 1.41 bits per heavy atom. The molecule has 0 aliphatic carbocycles. The predicted octanol–water partition coefficient (Wildman–Crippen LogP) is 4.42. The highest BCUT2D eigenvalue weighted by atomic mass is 32.2. The molecule has 1 N–H and O–H groups in total. The van der Waals surface area contributed by atoms with Crippen molar-refractivity contribution < 1.29 is 14.6 Å². The van der Waals surface area contributed by atoms with Gasteiger partial charge in [0.1, 0.15) is 11.5 Å². The summed E-state index contributed by atoms with van der Waals surface area (Å²) in [4.78, 5) is 3.06. The van der Waals surface area contributed by atoms with Crippen LogP contribution in [0.4, 0.5) is 0 Å². The molecule has 0 fully saturated rings. The van der Waals surface area contributed by atoms with Crippen molar-refractivity contribution >= 4 is 23.5 Å². The lowest BCUT2D eigenvalue weighted by Crippen LogP contribution is -1.86. The van der Waals surface area contributed by atoms with Gasteiger partial charge in [-0.3, -0.25) is 0 Å². The van der Waals surface area contributed by atoms with Gasteiger partial charge >= 0.3 is 0 Å². The number of hydrogen-bond donors (Lipinski definition) is 1. The average Bonchev–Trinajstić information content (AvgIpc) is 2.59. The van der Waals surface area contributed by atoms with Crippen molar-refractivity contribution in [2.75, 3.05) is 20.8 Å².